The van der Waals surface area contributed by atoms with E-state index in [9.17, 15) is 0 Å². The van der Waals surface area contributed by atoms with Gasteiger partial charge in [-0.1, -0.05) is 124 Å². The summed E-state index contributed by atoms with van der Waals surface area (Å²) in [5.74, 6) is 0. The Morgan fingerprint density at radius 3 is 1.86 bits per heavy atom. The van der Waals surface area contributed by atoms with Gasteiger partial charge >= 0.3 is 0 Å². The topological polar surface area (TPSA) is 6.48 Å². The normalized spacial score (nSPS) is 14.6. The van der Waals surface area contributed by atoms with Crippen LogP contribution in [-0.2, 0) is 0 Å². The van der Waals surface area contributed by atoms with Crippen molar-refractivity contribution in [1.82, 2.24) is 0 Å². The zero-order valence-electron chi connectivity index (χ0n) is 29.1. The summed E-state index contributed by atoms with van der Waals surface area (Å²) >= 11 is 1.76. The molecule has 5 aromatic rings. The Kier molecular flexibility index (Phi) is 12.3. The zero-order valence-corrected chi connectivity index (χ0v) is 30.0. The first-order valence-corrected chi connectivity index (χ1v) is 18.2. The Balaban J connectivity index is 0.000000279. The molecule has 0 atom stereocenters. The molecule has 0 radical (unpaired) electrons. The van der Waals surface area contributed by atoms with E-state index in [4.69, 9.17) is 0 Å². The lowest BCUT2D eigenvalue weighted by molar-refractivity contribution is 1.03. The number of nitrogens with zero attached hydrogens (tertiary/aromatic N) is 2. The van der Waals surface area contributed by atoms with Gasteiger partial charge in [0.15, 0.2) is 0 Å². The predicted octanol–water partition coefficient (Wildman–Crippen LogP) is 13.4. The Labute approximate surface area is 298 Å². The second kappa shape index (κ2) is 17.2. The highest BCUT2D eigenvalue weighted by Gasteiger charge is 2.30. The molecule has 0 aliphatic carbocycles. The van der Waals surface area contributed by atoms with Crippen LogP contribution < -0.4 is 9.80 Å². The van der Waals surface area contributed by atoms with Crippen LogP contribution in [-0.4, -0.2) is 13.3 Å². The number of benzene rings is 5. The third-order valence-electron chi connectivity index (χ3n) is 8.50. The zero-order chi connectivity index (χ0) is 34.6. The molecule has 3 heteroatoms. The summed E-state index contributed by atoms with van der Waals surface area (Å²) in [5.41, 5.74) is 13.5. The molecule has 2 nitrogen and oxygen atoms in total. The van der Waals surface area contributed by atoms with Crippen molar-refractivity contribution in [2.75, 3.05) is 23.1 Å². The van der Waals surface area contributed by atoms with Crippen molar-refractivity contribution in [2.24, 2.45) is 0 Å². The molecule has 0 aromatic heterocycles. The molecule has 246 valence electrons. The highest BCUT2D eigenvalue weighted by Crippen LogP contribution is 2.49. The van der Waals surface area contributed by atoms with Crippen LogP contribution in [0.4, 0.5) is 17.1 Å². The summed E-state index contributed by atoms with van der Waals surface area (Å²) in [6.45, 7) is 12.2. The molecule has 7 rings (SSSR count). The monoisotopic (exact) mass is 658 g/mol. The minimum Gasteiger partial charge on any atom is -0.351 e. The van der Waals surface area contributed by atoms with Gasteiger partial charge in [-0.3, -0.25) is 0 Å². The van der Waals surface area contributed by atoms with Crippen molar-refractivity contribution in [3.63, 3.8) is 0 Å². The summed E-state index contributed by atoms with van der Waals surface area (Å²) in [6.07, 6.45) is 16.5. The van der Waals surface area contributed by atoms with Crippen LogP contribution in [0.25, 0.3) is 33.5 Å². The van der Waals surface area contributed by atoms with Gasteiger partial charge in [0, 0.05) is 34.4 Å². The van der Waals surface area contributed by atoms with E-state index >= 15 is 0 Å². The van der Waals surface area contributed by atoms with Gasteiger partial charge in [0.25, 0.3) is 0 Å². The Hall–Kier alpha value is -5.25. The van der Waals surface area contributed by atoms with E-state index < -0.39 is 0 Å². The summed E-state index contributed by atoms with van der Waals surface area (Å²) in [4.78, 5) is 5.78. The first kappa shape index (κ1) is 35.1. The molecule has 0 unspecified atom stereocenters. The molecule has 0 saturated carbocycles. The molecule has 0 amide bonds. The van der Waals surface area contributed by atoms with Gasteiger partial charge in [-0.25, -0.2) is 0 Å². The van der Waals surface area contributed by atoms with E-state index in [0.29, 0.717) is 0 Å². The average Bonchev–Trinajstić information content (AvgIpc) is 3.16. The summed E-state index contributed by atoms with van der Waals surface area (Å²) in [7, 11) is 2.10. The molecular formula is C46H46N2S. The van der Waals surface area contributed by atoms with E-state index in [1.807, 2.05) is 38.1 Å². The van der Waals surface area contributed by atoms with Gasteiger partial charge in [0.2, 0.25) is 0 Å². The molecule has 0 N–H and O–H groups in total. The van der Waals surface area contributed by atoms with Crippen LogP contribution in [0.2, 0.25) is 0 Å². The smallest absolute Gasteiger partial charge is 0.0555 e. The third-order valence-corrected chi connectivity index (χ3v) is 9.24. The fourth-order valence-corrected chi connectivity index (χ4v) is 6.39. The van der Waals surface area contributed by atoms with E-state index in [2.05, 4.69) is 170 Å². The SMILES string of the molecule is C=C/C=C\C=C1\c2cc(-c3ccc4c(c3)C(=C)CC/C=C\N4C)ccc2N1c1ccc(SC)cc1.CC.c1ccc(-c2ccccc2)cc1. The molecule has 2 heterocycles. The van der Waals surface area contributed by atoms with E-state index in [-0.39, 0.29) is 0 Å². The second-order valence-electron chi connectivity index (χ2n) is 11.5. The van der Waals surface area contributed by atoms with Crippen molar-refractivity contribution < 1.29 is 0 Å². The number of rotatable bonds is 6. The third kappa shape index (κ3) is 8.25. The van der Waals surface area contributed by atoms with Crippen LogP contribution >= 0.6 is 11.8 Å². The number of allylic oxidation sites excluding steroid dienone is 6. The van der Waals surface area contributed by atoms with Crippen molar-refractivity contribution in [1.29, 1.82) is 0 Å². The second-order valence-corrected chi connectivity index (χ2v) is 12.4. The lowest BCUT2D eigenvalue weighted by Gasteiger charge is -2.39. The van der Waals surface area contributed by atoms with E-state index in [1.165, 1.54) is 66.6 Å². The van der Waals surface area contributed by atoms with Gasteiger partial charge in [0.1, 0.15) is 0 Å². The summed E-state index contributed by atoms with van der Waals surface area (Å²) < 4.78 is 0. The molecule has 0 bridgehead atoms. The quantitative estimate of drug-likeness (QED) is 0.132. The van der Waals surface area contributed by atoms with Crippen LogP contribution in [0, 0.1) is 0 Å². The standard InChI is InChI=1S/C32H30N2S.C12H10.C2H6/c1-5-6-7-11-31-29-22-25(13-19-32(29)34(31)26-14-16-27(35-4)17-15-26)24-12-18-30-28(21-24)23(2)10-8-9-20-33(30)3;1-3-7-11(8-4-1)12-9-5-2-6-10-12;1-2/h5-7,9,11-22H,1-2,8,10H2,3-4H3;1-10H;1-2H3/b7-6-,20-9-,31-11-;;. The molecule has 49 heavy (non-hydrogen) atoms. The summed E-state index contributed by atoms with van der Waals surface area (Å²) in [5, 5.41) is 0. The Morgan fingerprint density at radius 2 is 1.27 bits per heavy atom. The fourth-order valence-electron chi connectivity index (χ4n) is 5.98. The van der Waals surface area contributed by atoms with Crippen molar-refractivity contribution >= 4 is 40.1 Å². The van der Waals surface area contributed by atoms with Crippen LogP contribution in [0.5, 0.6) is 0 Å². The molecule has 5 aromatic carbocycles. The van der Waals surface area contributed by atoms with Gasteiger partial charge in [-0.15, -0.1) is 11.8 Å². The maximum Gasteiger partial charge on any atom is 0.0555 e. The van der Waals surface area contributed by atoms with Crippen LogP contribution in [0.1, 0.15) is 37.8 Å². The molecule has 2 aliphatic rings. The summed E-state index contributed by atoms with van der Waals surface area (Å²) in [6, 6.07) is 43.0. The number of hydrogen-bond donors (Lipinski definition) is 0. The predicted molar refractivity (Wildman–Crippen MR) is 219 cm³/mol. The highest BCUT2D eigenvalue weighted by molar-refractivity contribution is 7.98. The Morgan fingerprint density at radius 1 is 0.673 bits per heavy atom. The number of thioether (sulfide) groups is 1. The minimum atomic E-state index is 0.984. The Bertz CT molecular complexity index is 1910. The molecule has 0 saturated heterocycles. The van der Waals surface area contributed by atoms with Gasteiger partial charge in [-0.2, -0.15) is 0 Å². The van der Waals surface area contributed by atoms with Crippen molar-refractivity contribution in [3.8, 4) is 22.3 Å². The number of fused-ring (bicyclic) bond motifs is 2. The molecule has 2 aliphatic heterocycles. The van der Waals surface area contributed by atoms with Crippen LogP contribution in [0.15, 0.2) is 176 Å². The molecular weight excluding hydrogens is 613 g/mol. The first-order chi connectivity index (χ1) is 24.1. The van der Waals surface area contributed by atoms with Gasteiger partial charge in [0.05, 0.1) is 11.4 Å². The molecule has 0 spiro atoms. The van der Waals surface area contributed by atoms with Crippen molar-refractivity contribution in [2.45, 2.75) is 31.6 Å². The van der Waals surface area contributed by atoms with Crippen LogP contribution in [0.3, 0.4) is 0 Å². The van der Waals surface area contributed by atoms with E-state index in [1.54, 1.807) is 11.8 Å². The average molecular weight is 659 g/mol. The lowest BCUT2D eigenvalue weighted by Crippen LogP contribution is -2.26. The first-order valence-electron chi connectivity index (χ1n) is 17.0. The van der Waals surface area contributed by atoms with E-state index in [0.717, 1.165) is 12.8 Å². The number of hydrogen-bond acceptors (Lipinski definition) is 3. The molecule has 0 fully saturated rings. The minimum absolute atomic E-state index is 0.984. The largest absolute Gasteiger partial charge is 0.351 e. The highest BCUT2D eigenvalue weighted by atomic mass is 32.2. The number of anilines is 3. The van der Waals surface area contributed by atoms with Crippen molar-refractivity contribution in [3.05, 3.63) is 182 Å². The fraction of sp³-hybridized carbons (Fsp3) is 0.130. The van der Waals surface area contributed by atoms with Gasteiger partial charge in [-0.05, 0) is 108 Å². The van der Waals surface area contributed by atoms with Gasteiger partial charge < -0.3 is 9.80 Å². The lowest BCUT2D eigenvalue weighted by atomic mass is 9.90. The maximum atomic E-state index is 4.39. The maximum absolute atomic E-state index is 4.39.